The molecular weight excluding hydrogens is 490 g/mol. The SMILES string of the molecule is COc1cc(Br)cc(CNCCCSc2nnnn2C)c1OCc1ccccc1.Cl. The number of halogens is 2. The molecule has 0 unspecified atom stereocenters. The van der Waals surface area contributed by atoms with Crippen molar-refractivity contribution in [3.05, 3.63) is 58.1 Å². The summed E-state index contributed by atoms with van der Waals surface area (Å²) in [5.74, 6) is 2.43. The Hall–Kier alpha value is -1.81. The lowest BCUT2D eigenvalue weighted by atomic mass is 10.1. The second kappa shape index (κ2) is 12.8. The molecule has 162 valence electrons. The summed E-state index contributed by atoms with van der Waals surface area (Å²) >= 11 is 5.21. The molecule has 1 N–H and O–H groups in total. The Morgan fingerprint density at radius 2 is 2.00 bits per heavy atom. The van der Waals surface area contributed by atoms with Gasteiger partial charge in [0, 0.05) is 29.4 Å². The van der Waals surface area contributed by atoms with Crippen LogP contribution < -0.4 is 14.8 Å². The minimum Gasteiger partial charge on any atom is -0.493 e. The van der Waals surface area contributed by atoms with Crippen molar-refractivity contribution in [2.75, 3.05) is 19.4 Å². The van der Waals surface area contributed by atoms with E-state index in [-0.39, 0.29) is 12.4 Å². The third-order valence-electron chi connectivity index (χ3n) is 4.17. The molecule has 0 radical (unpaired) electrons. The molecule has 7 nitrogen and oxygen atoms in total. The van der Waals surface area contributed by atoms with Crippen molar-refractivity contribution >= 4 is 40.1 Å². The molecule has 30 heavy (non-hydrogen) atoms. The number of rotatable bonds is 11. The summed E-state index contributed by atoms with van der Waals surface area (Å²) in [6.45, 7) is 2.07. The van der Waals surface area contributed by atoms with Gasteiger partial charge in [0.15, 0.2) is 11.5 Å². The van der Waals surface area contributed by atoms with Crippen molar-refractivity contribution in [2.45, 2.75) is 24.7 Å². The summed E-state index contributed by atoms with van der Waals surface area (Å²) in [4.78, 5) is 0. The normalized spacial score (nSPS) is 10.5. The van der Waals surface area contributed by atoms with Crippen molar-refractivity contribution in [2.24, 2.45) is 7.05 Å². The van der Waals surface area contributed by atoms with Crippen LogP contribution >= 0.6 is 40.1 Å². The second-order valence-corrected chi connectivity index (χ2v) is 8.31. The molecule has 0 aliphatic carbocycles. The van der Waals surface area contributed by atoms with Gasteiger partial charge in [0.1, 0.15) is 6.61 Å². The lowest BCUT2D eigenvalue weighted by molar-refractivity contribution is 0.280. The fourth-order valence-electron chi connectivity index (χ4n) is 2.73. The smallest absolute Gasteiger partial charge is 0.209 e. The van der Waals surface area contributed by atoms with Crippen LogP contribution in [-0.2, 0) is 20.2 Å². The highest BCUT2D eigenvalue weighted by Gasteiger charge is 2.13. The fraction of sp³-hybridized carbons (Fsp3) is 0.350. The number of nitrogens with zero attached hydrogens (tertiary/aromatic N) is 4. The Kier molecular flexibility index (Phi) is 10.4. The highest BCUT2D eigenvalue weighted by atomic mass is 79.9. The maximum absolute atomic E-state index is 6.13. The number of methoxy groups -OCH3 is 1. The van der Waals surface area contributed by atoms with E-state index in [9.17, 15) is 0 Å². The van der Waals surface area contributed by atoms with E-state index in [1.807, 2.05) is 43.4 Å². The largest absolute Gasteiger partial charge is 0.493 e. The van der Waals surface area contributed by atoms with Crippen LogP contribution in [0.1, 0.15) is 17.5 Å². The molecule has 0 bridgehead atoms. The average Bonchev–Trinajstić information content (AvgIpc) is 3.14. The molecule has 0 aliphatic rings. The van der Waals surface area contributed by atoms with Gasteiger partial charge in [0.2, 0.25) is 5.16 Å². The first-order valence-corrected chi connectivity index (χ1v) is 11.0. The summed E-state index contributed by atoms with van der Waals surface area (Å²) in [5, 5.41) is 15.8. The van der Waals surface area contributed by atoms with Gasteiger partial charge in [-0.3, -0.25) is 0 Å². The Morgan fingerprint density at radius 3 is 2.70 bits per heavy atom. The third-order valence-corrected chi connectivity index (χ3v) is 5.72. The first-order chi connectivity index (χ1) is 14.2. The number of hydrogen-bond acceptors (Lipinski definition) is 7. The molecule has 1 aromatic heterocycles. The maximum atomic E-state index is 6.13. The predicted molar refractivity (Wildman–Crippen MR) is 125 cm³/mol. The van der Waals surface area contributed by atoms with Crippen LogP contribution in [0.4, 0.5) is 0 Å². The quantitative estimate of drug-likeness (QED) is 0.303. The average molecular weight is 515 g/mol. The number of ether oxygens (including phenoxy) is 2. The molecule has 0 spiro atoms. The highest BCUT2D eigenvalue weighted by molar-refractivity contribution is 9.10. The zero-order valence-electron chi connectivity index (χ0n) is 16.9. The van der Waals surface area contributed by atoms with E-state index in [1.165, 1.54) is 0 Å². The molecule has 0 amide bonds. The van der Waals surface area contributed by atoms with Crippen molar-refractivity contribution < 1.29 is 9.47 Å². The summed E-state index contributed by atoms with van der Waals surface area (Å²) in [5.41, 5.74) is 2.17. The Balaban J connectivity index is 0.00000320. The third kappa shape index (κ3) is 7.16. The predicted octanol–water partition coefficient (Wildman–Crippen LogP) is 4.25. The fourth-order valence-corrected chi connectivity index (χ4v) is 4.00. The van der Waals surface area contributed by atoms with Crippen LogP contribution in [-0.4, -0.2) is 39.6 Å². The summed E-state index contributed by atoms with van der Waals surface area (Å²) < 4.78 is 14.3. The van der Waals surface area contributed by atoms with E-state index in [1.54, 1.807) is 23.6 Å². The first kappa shape index (κ1) is 24.5. The molecule has 10 heteroatoms. The van der Waals surface area contributed by atoms with Crippen molar-refractivity contribution in [1.29, 1.82) is 0 Å². The van der Waals surface area contributed by atoms with Crippen molar-refractivity contribution in [3.8, 4) is 11.5 Å². The van der Waals surface area contributed by atoms with Crippen molar-refractivity contribution in [1.82, 2.24) is 25.5 Å². The van der Waals surface area contributed by atoms with E-state index in [4.69, 9.17) is 9.47 Å². The van der Waals surface area contributed by atoms with Gasteiger partial charge in [0.05, 0.1) is 7.11 Å². The minimum absolute atomic E-state index is 0. The Morgan fingerprint density at radius 1 is 1.20 bits per heavy atom. The zero-order chi connectivity index (χ0) is 20.5. The molecule has 1 heterocycles. The van der Waals surface area contributed by atoms with Gasteiger partial charge >= 0.3 is 0 Å². The van der Waals surface area contributed by atoms with E-state index < -0.39 is 0 Å². The molecule has 2 aromatic carbocycles. The number of tetrazole rings is 1. The second-order valence-electron chi connectivity index (χ2n) is 6.33. The lowest BCUT2D eigenvalue weighted by Gasteiger charge is -2.16. The number of thioether (sulfide) groups is 1. The molecule has 0 atom stereocenters. The molecule has 0 saturated heterocycles. The van der Waals surface area contributed by atoms with Gasteiger partial charge in [-0.2, -0.15) is 0 Å². The number of benzene rings is 2. The maximum Gasteiger partial charge on any atom is 0.209 e. The highest BCUT2D eigenvalue weighted by Crippen LogP contribution is 2.35. The lowest BCUT2D eigenvalue weighted by Crippen LogP contribution is -2.16. The number of hydrogen-bond donors (Lipinski definition) is 1. The molecule has 3 aromatic rings. The monoisotopic (exact) mass is 513 g/mol. The van der Waals surface area contributed by atoms with Crippen LogP contribution in [0.2, 0.25) is 0 Å². The van der Waals surface area contributed by atoms with Gasteiger partial charge in [-0.25, -0.2) is 4.68 Å². The van der Waals surface area contributed by atoms with E-state index in [2.05, 4.69) is 42.8 Å². The Labute approximate surface area is 195 Å². The van der Waals surface area contributed by atoms with Crippen LogP contribution in [0.5, 0.6) is 11.5 Å². The van der Waals surface area contributed by atoms with Gasteiger partial charge < -0.3 is 14.8 Å². The van der Waals surface area contributed by atoms with Crippen LogP contribution in [0.15, 0.2) is 52.1 Å². The molecule has 0 aliphatic heterocycles. The van der Waals surface area contributed by atoms with E-state index in [0.29, 0.717) is 13.2 Å². The van der Waals surface area contributed by atoms with Gasteiger partial charge in [0.25, 0.3) is 0 Å². The molecule has 0 saturated carbocycles. The number of nitrogens with one attached hydrogen (secondary N) is 1. The van der Waals surface area contributed by atoms with Crippen molar-refractivity contribution in [3.63, 3.8) is 0 Å². The molecule has 0 fully saturated rings. The number of aryl methyl sites for hydroxylation is 1. The van der Waals surface area contributed by atoms with Gasteiger partial charge in [-0.15, -0.1) is 17.5 Å². The molecular formula is C20H25BrClN5O2S. The standard InChI is InChI=1S/C20H24BrN5O2S.ClH/c1-26-20(23-24-25-26)29-10-6-9-22-13-16-11-17(21)12-18(27-2)19(16)28-14-15-7-4-3-5-8-15;/h3-5,7-8,11-12,22H,6,9-10,13-14H2,1-2H3;1H. The summed E-state index contributed by atoms with van der Waals surface area (Å²) in [6.07, 6.45) is 1.00. The Bertz CT molecular complexity index is 913. The summed E-state index contributed by atoms with van der Waals surface area (Å²) in [6, 6.07) is 14.1. The molecule has 3 rings (SSSR count). The number of aromatic nitrogens is 4. The topological polar surface area (TPSA) is 74.1 Å². The zero-order valence-corrected chi connectivity index (χ0v) is 20.1. The van der Waals surface area contributed by atoms with Crippen LogP contribution in [0.25, 0.3) is 0 Å². The first-order valence-electron chi connectivity index (χ1n) is 9.26. The van der Waals surface area contributed by atoms with E-state index in [0.717, 1.165) is 51.0 Å². The van der Waals surface area contributed by atoms with Gasteiger partial charge in [-0.1, -0.05) is 58.0 Å². The van der Waals surface area contributed by atoms with Crippen LogP contribution in [0, 0.1) is 0 Å². The van der Waals surface area contributed by atoms with E-state index >= 15 is 0 Å². The van der Waals surface area contributed by atoms with Crippen LogP contribution in [0.3, 0.4) is 0 Å². The minimum atomic E-state index is 0. The van der Waals surface area contributed by atoms with Gasteiger partial charge in [-0.05, 0) is 41.1 Å². The summed E-state index contributed by atoms with van der Waals surface area (Å²) in [7, 11) is 3.51.